The molecule has 1 amide bonds. The number of benzene rings is 2. The maximum absolute atomic E-state index is 12.6. The summed E-state index contributed by atoms with van der Waals surface area (Å²) in [5.41, 5.74) is 1.26. The monoisotopic (exact) mass is 459 g/mol. The van der Waals surface area contributed by atoms with E-state index in [9.17, 15) is 18.7 Å². The van der Waals surface area contributed by atoms with Gasteiger partial charge in [0.15, 0.2) is 0 Å². The largest absolute Gasteiger partial charge is 0.433 e. The second kappa shape index (κ2) is 10.6. The Morgan fingerprint density at radius 2 is 1.88 bits per heavy atom. The van der Waals surface area contributed by atoms with Crippen molar-refractivity contribution in [2.75, 3.05) is 38.0 Å². The van der Waals surface area contributed by atoms with Crippen LogP contribution in [0, 0.1) is 0 Å². The second-order valence-electron chi connectivity index (χ2n) is 8.85. The number of β-amino-alcohol motifs (C(OH)–C–C–N with tert-alkyl or cyclic N) is 1. The molecule has 4 rings (SSSR count). The van der Waals surface area contributed by atoms with E-state index in [0.717, 1.165) is 38.8 Å². The molecule has 0 aliphatic carbocycles. The molecule has 6 nitrogen and oxygen atoms in total. The van der Waals surface area contributed by atoms with Crippen molar-refractivity contribution < 1.29 is 23.4 Å². The van der Waals surface area contributed by atoms with E-state index < -0.39 is 12.7 Å². The van der Waals surface area contributed by atoms with E-state index in [1.165, 1.54) is 17.7 Å². The first-order chi connectivity index (χ1) is 16.0. The van der Waals surface area contributed by atoms with Crippen molar-refractivity contribution in [3.05, 3.63) is 60.2 Å². The molecule has 0 aromatic heterocycles. The van der Waals surface area contributed by atoms with Gasteiger partial charge in [0, 0.05) is 25.2 Å². The molecule has 1 spiro atoms. The summed E-state index contributed by atoms with van der Waals surface area (Å²) in [6.45, 7) is 0.104. The van der Waals surface area contributed by atoms with Crippen LogP contribution in [0.1, 0.15) is 24.8 Å². The number of carbonyl (C=O) groups excluding carboxylic acids is 1. The van der Waals surface area contributed by atoms with Crippen LogP contribution >= 0.6 is 0 Å². The highest BCUT2D eigenvalue weighted by molar-refractivity contribution is 5.93. The zero-order valence-corrected chi connectivity index (χ0v) is 18.6. The van der Waals surface area contributed by atoms with Gasteiger partial charge in [0.2, 0.25) is 5.91 Å². The topological polar surface area (TPSA) is 65.0 Å². The van der Waals surface area contributed by atoms with E-state index in [1.54, 1.807) is 12.1 Å². The molecule has 2 heterocycles. The number of nitrogens with zero attached hydrogens (tertiary/aromatic N) is 2. The molecule has 0 bridgehead atoms. The number of likely N-dealkylation sites (tertiary alicyclic amines) is 2. The molecule has 2 aromatic rings. The number of carbonyl (C=O) groups is 1. The van der Waals surface area contributed by atoms with Crippen molar-refractivity contribution >= 4 is 11.6 Å². The van der Waals surface area contributed by atoms with Gasteiger partial charge in [0.25, 0.3) is 0 Å². The number of rotatable bonds is 8. The van der Waals surface area contributed by atoms with Gasteiger partial charge < -0.3 is 15.2 Å². The van der Waals surface area contributed by atoms with E-state index in [-0.39, 0.29) is 29.4 Å². The van der Waals surface area contributed by atoms with Crippen molar-refractivity contribution in [2.45, 2.75) is 43.9 Å². The van der Waals surface area contributed by atoms with Gasteiger partial charge in [-0.3, -0.25) is 14.6 Å². The van der Waals surface area contributed by atoms with Gasteiger partial charge in [-0.1, -0.05) is 42.5 Å². The second-order valence-corrected chi connectivity index (χ2v) is 8.85. The normalized spacial score (nSPS) is 23.8. The summed E-state index contributed by atoms with van der Waals surface area (Å²) < 4.78 is 29.7. The van der Waals surface area contributed by atoms with E-state index in [0.29, 0.717) is 13.1 Å². The third kappa shape index (κ3) is 5.69. The highest BCUT2D eigenvalue weighted by Gasteiger charge is 2.49. The average molecular weight is 460 g/mol. The molecule has 0 saturated carbocycles. The lowest BCUT2D eigenvalue weighted by Gasteiger charge is -2.48. The fraction of sp³-hybridized carbons (Fsp3) is 0.480. The van der Waals surface area contributed by atoms with Crippen molar-refractivity contribution in [2.24, 2.45) is 0 Å². The van der Waals surface area contributed by atoms with Crippen LogP contribution in [0.4, 0.5) is 14.5 Å². The lowest BCUT2D eigenvalue weighted by Crippen LogP contribution is -2.62. The maximum Gasteiger partial charge on any atom is 0.387 e. The molecular formula is C25H31F2N3O3. The van der Waals surface area contributed by atoms with Crippen LogP contribution in [0.15, 0.2) is 54.6 Å². The molecule has 2 aliphatic rings. The molecule has 2 aliphatic heterocycles. The van der Waals surface area contributed by atoms with E-state index in [4.69, 9.17) is 0 Å². The Morgan fingerprint density at radius 3 is 2.64 bits per heavy atom. The minimum absolute atomic E-state index is 0.0708. The predicted octanol–water partition coefficient (Wildman–Crippen LogP) is 3.37. The zero-order valence-electron chi connectivity index (χ0n) is 18.6. The van der Waals surface area contributed by atoms with Gasteiger partial charge >= 0.3 is 6.61 Å². The molecule has 2 fully saturated rings. The number of hydrogen-bond donors (Lipinski definition) is 2. The number of hydrogen-bond acceptors (Lipinski definition) is 5. The van der Waals surface area contributed by atoms with Gasteiger partial charge in [-0.2, -0.15) is 8.78 Å². The number of aliphatic hydroxyl groups is 1. The number of amides is 1. The Bertz CT molecular complexity index is 930. The molecule has 178 valence electrons. The highest BCUT2D eigenvalue weighted by atomic mass is 19.3. The van der Waals surface area contributed by atoms with E-state index in [2.05, 4.69) is 27.1 Å². The third-order valence-electron chi connectivity index (χ3n) is 6.84. The summed E-state index contributed by atoms with van der Waals surface area (Å²) in [5.74, 6) is -0.394. The minimum Gasteiger partial charge on any atom is -0.433 e. The summed E-state index contributed by atoms with van der Waals surface area (Å²) >= 11 is 0. The van der Waals surface area contributed by atoms with Crippen molar-refractivity contribution in [3.63, 3.8) is 0 Å². The van der Waals surface area contributed by atoms with Crippen LogP contribution in [0.3, 0.4) is 0 Å². The first-order valence-electron chi connectivity index (χ1n) is 11.5. The Kier molecular flexibility index (Phi) is 7.57. The molecule has 2 saturated heterocycles. The smallest absolute Gasteiger partial charge is 0.387 e. The summed E-state index contributed by atoms with van der Waals surface area (Å²) in [6, 6.07) is 16.5. The number of halogens is 2. The predicted molar refractivity (Wildman–Crippen MR) is 122 cm³/mol. The fourth-order valence-electron chi connectivity index (χ4n) is 5.19. The zero-order chi connectivity index (χ0) is 23.3. The summed E-state index contributed by atoms with van der Waals surface area (Å²) in [7, 11) is 0. The van der Waals surface area contributed by atoms with Crippen LogP contribution in [0.5, 0.6) is 5.75 Å². The van der Waals surface area contributed by atoms with Crippen molar-refractivity contribution in [3.8, 4) is 5.75 Å². The number of ether oxygens (including phenoxy) is 1. The standard InChI is InChI=1S/C25H31F2N3O3/c26-24(27)33-21-10-5-4-9-20(21)28-23(32)18-29-16-13-25(22(31)17-29)12-6-14-30(25)15-11-19-7-2-1-3-8-19/h1-5,7-10,22,24,31H,6,11-18H2,(H,28,32)/t22-,25-/m0/s1. The summed E-state index contributed by atoms with van der Waals surface area (Å²) in [6.07, 6.45) is 3.21. The Balaban J connectivity index is 1.32. The molecule has 0 unspecified atom stereocenters. The van der Waals surface area contributed by atoms with E-state index in [1.807, 2.05) is 23.1 Å². The number of aliphatic hydroxyl groups excluding tert-OH is 1. The number of alkyl halides is 2. The van der Waals surface area contributed by atoms with Crippen LogP contribution in [-0.2, 0) is 11.2 Å². The maximum atomic E-state index is 12.6. The highest BCUT2D eigenvalue weighted by Crippen LogP contribution is 2.38. The van der Waals surface area contributed by atoms with Crippen LogP contribution in [-0.4, -0.2) is 71.8 Å². The SMILES string of the molecule is O=C(CN1CC[C@@]2(CCCN2CCc2ccccc2)[C@@H](O)C1)Nc1ccccc1OC(F)F. The third-order valence-corrected chi connectivity index (χ3v) is 6.84. The first-order valence-corrected chi connectivity index (χ1v) is 11.5. The van der Waals surface area contributed by atoms with Gasteiger partial charge in [-0.15, -0.1) is 0 Å². The Hall–Kier alpha value is -2.55. The minimum atomic E-state index is -2.97. The van der Waals surface area contributed by atoms with Crippen LogP contribution in [0.2, 0.25) is 0 Å². The van der Waals surface area contributed by atoms with Gasteiger partial charge in [-0.25, -0.2) is 0 Å². The van der Waals surface area contributed by atoms with Crippen molar-refractivity contribution in [1.29, 1.82) is 0 Å². The average Bonchev–Trinajstić information content (AvgIpc) is 3.20. The lowest BCUT2D eigenvalue weighted by molar-refractivity contribution is -0.120. The molecule has 33 heavy (non-hydrogen) atoms. The number of para-hydroxylation sites is 2. The molecular weight excluding hydrogens is 428 g/mol. The molecule has 0 radical (unpaired) electrons. The molecule has 2 N–H and O–H groups in total. The fourth-order valence-corrected chi connectivity index (χ4v) is 5.19. The number of nitrogens with one attached hydrogen (secondary N) is 1. The van der Waals surface area contributed by atoms with Crippen molar-refractivity contribution in [1.82, 2.24) is 9.80 Å². The quantitative estimate of drug-likeness (QED) is 0.634. The Labute approximate surface area is 193 Å². The van der Waals surface area contributed by atoms with E-state index >= 15 is 0 Å². The Morgan fingerprint density at radius 1 is 1.12 bits per heavy atom. The number of piperidine rings is 1. The van der Waals surface area contributed by atoms with Crippen LogP contribution in [0.25, 0.3) is 0 Å². The van der Waals surface area contributed by atoms with Crippen LogP contribution < -0.4 is 10.1 Å². The number of anilines is 1. The summed E-state index contributed by atoms with van der Waals surface area (Å²) in [5, 5.41) is 13.8. The van der Waals surface area contributed by atoms with Gasteiger partial charge in [0.05, 0.1) is 18.3 Å². The molecule has 8 heteroatoms. The molecule has 2 atom stereocenters. The first kappa shape index (κ1) is 23.6. The molecule has 2 aromatic carbocycles. The van der Waals surface area contributed by atoms with Gasteiger partial charge in [-0.05, 0) is 49.9 Å². The van der Waals surface area contributed by atoms with Gasteiger partial charge in [0.1, 0.15) is 5.75 Å². The lowest BCUT2D eigenvalue weighted by atomic mass is 9.82. The summed E-state index contributed by atoms with van der Waals surface area (Å²) in [4.78, 5) is 16.9.